The highest BCUT2D eigenvalue weighted by Gasteiger charge is 2.17. The number of aryl methyl sites for hydroxylation is 1. The number of imidazole rings is 1. The summed E-state index contributed by atoms with van der Waals surface area (Å²) in [5.41, 5.74) is 0. The molecule has 0 aliphatic carbocycles. The molecule has 1 amide bonds. The molecule has 0 aliphatic heterocycles. The summed E-state index contributed by atoms with van der Waals surface area (Å²) >= 11 is -2.13. The lowest BCUT2D eigenvalue weighted by molar-refractivity contribution is 0.0940. The lowest BCUT2D eigenvalue weighted by Gasteiger charge is -2.27. The van der Waals surface area contributed by atoms with E-state index < -0.39 is 15.8 Å². The first-order chi connectivity index (χ1) is 8.84. The fourth-order valence-electron chi connectivity index (χ4n) is 1.38. The zero-order valence-electron chi connectivity index (χ0n) is 11.3. The predicted octanol–water partition coefficient (Wildman–Crippen LogP) is -0.603. The maximum atomic E-state index is 11.7. The van der Waals surface area contributed by atoms with E-state index >= 15 is 0 Å². The molecule has 0 radical (unpaired) electrons. The van der Waals surface area contributed by atoms with Crippen LogP contribution >= 0.6 is 0 Å². The van der Waals surface area contributed by atoms with Gasteiger partial charge in [-0.05, 0) is 24.9 Å². The van der Waals surface area contributed by atoms with Gasteiger partial charge in [0.1, 0.15) is 0 Å². The Hall–Kier alpha value is -1.25. The molecule has 1 rings (SSSR count). The van der Waals surface area contributed by atoms with E-state index in [0.717, 1.165) is 0 Å². The molecule has 0 saturated carbocycles. The summed E-state index contributed by atoms with van der Waals surface area (Å²) in [7, 11) is 1.74. The molecule has 0 spiro atoms. The first-order valence-corrected chi connectivity index (χ1v) is 6.97. The topological polar surface area (TPSA) is 99.1 Å². The molecule has 1 aromatic rings. The second-order valence-corrected chi connectivity index (χ2v) is 6.36. The number of nitrogens with one attached hydrogen (secondary N) is 2. The quantitative estimate of drug-likeness (QED) is 0.515. The van der Waals surface area contributed by atoms with Crippen LogP contribution < -0.4 is 10.6 Å². The molecule has 0 aliphatic rings. The third-order valence-corrected chi connectivity index (χ3v) is 3.66. The van der Waals surface area contributed by atoms with Crippen LogP contribution in [0.1, 0.15) is 24.5 Å². The normalized spacial score (nSPS) is 13.3. The molecule has 8 heteroatoms. The number of hydrogen-bond donors (Lipinski definition) is 2. The summed E-state index contributed by atoms with van der Waals surface area (Å²) in [6, 6.07) is 0. The van der Waals surface area contributed by atoms with Crippen molar-refractivity contribution in [3.63, 3.8) is 0 Å². The van der Waals surface area contributed by atoms with Crippen LogP contribution in [0.2, 0.25) is 0 Å². The van der Waals surface area contributed by atoms with Gasteiger partial charge in [0.15, 0.2) is 5.82 Å². The second-order valence-electron chi connectivity index (χ2n) is 4.79. The molecule has 1 atom stereocenters. The van der Waals surface area contributed by atoms with E-state index in [-0.39, 0.29) is 5.91 Å². The zero-order valence-corrected chi connectivity index (χ0v) is 12.1. The number of carbonyl (C=O) groups excluding carboxylic acids is 1. The maximum absolute atomic E-state index is 11.7. The number of rotatable bonds is 7. The average Bonchev–Trinajstić information content (AvgIpc) is 2.74. The first-order valence-electron chi connectivity index (χ1n) is 5.90. The van der Waals surface area contributed by atoms with Crippen LogP contribution in [0, 0.1) is 0 Å². The van der Waals surface area contributed by atoms with E-state index in [9.17, 15) is 13.6 Å². The molecule has 7 nitrogen and oxygen atoms in total. The number of amides is 1. The zero-order chi connectivity index (χ0) is 14.5. The minimum Gasteiger partial charge on any atom is -0.772 e. The molecular formula is C11H19N4O3S-. The van der Waals surface area contributed by atoms with Crippen LogP contribution in [-0.4, -0.2) is 48.6 Å². The van der Waals surface area contributed by atoms with Crippen LogP contribution in [0.15, 0.2) is 12.4 Å². The standard InChI is InChI=1S/C11H20N4O3S/c1-11(2,19(17)18)8-12-4-5-14-10(16)9-13-6-7-15(9)3/h6-7,12H,4-5,8H2,1-3H3,(H,14,16)(H,17,18)/p-1. The summed E-state index contributed by atoms with van der Waals surface area (Å²) in [5, 5.41) is 5.69. The first kappa shape index (κ1) is 15.8. The SMILES string of the molecule is Cn1ccnc1C(=O)NCCNCC(C)(C)S(=O)[O-]. The van der Waals surface area contributed by atoms with Crippen LogP contribution in [0.25, 0.3) is 0 Å². The van der Waals surface area contributed by atoms with Gasteiger partial charge in [0.25, 0.3) is 5.91 Å². The molecule has 1 unspecified atom stereocenters. The highest BCUT2D eigenvalue weighted by Crippen LogP contribution is 2.08. The Morgan fingerprint density at radius 3 is 2.74 bits per heavy atom. The Labute approximate surface area is 115 Å². The Morgan fingerprint density at radius 1 is 1.53 bits per heavy atom. The van der Waals surface area contributed by atoms with Crippen LogP contribution in [0.4, 0.5) is 0 Å². The number of carbonyl (C=O) groups is 1. The van der Waals surface area contributed by atoms with Crippen LogP contribution in [0.5, 0.6) is 0 Å². The van der Waals surface area contributed by atoms with E-state index in [0.29, 0.717) is 25.5 Å². The maximum Gasteiger partial charge on any atom is 0.287 e. The molecule has 0 aromatic carbocycles. The van der Waals surface area contributed by atoms with Gasteiger partial charge in [-0.25, -0.2) is 4.98 Å². The van der Waals surface area contributed by atoms with Crippen molar-refractivity contribution in [3.05, 3.63) is 18.2 Å². The fourth-order valence-corrected chi connectivity index (χ4v) is 1.60. The Balaban J connectivity index is 2.24. The predicted molar refractivity (Wildman–Crippen MR) is 71.4 cm³/mol. The van der Waals surface area contributed by atoms with E-state index in [2.05, 4.69) is 15.6 Å². The van der Waals surface area contributed by atoms with Gasteiger partial charge in [-0.3, -0.25) is 9.00 Å². The van der Waals surface area contributed by atoms with E-state index in [4.69, 9.17) is 0 Å². The summed E-state index contributed by atoms with van der Waals surface area (Å²) in [4.78, 5) is 15.6. The van der Waals surface area contributed by atoms with Gasteiger partial charge in [0.2, 0.25) is 0 Å². The van der Waals surface area contributed by atoms with Crippen molar-refractivity contribution >= 4 is 17.0 Å². The van der Waals surface area contributed by atoms with E-state index in [1.807, 2.05) is 0 Å². The molecule has 2 N–H and O–H groups in total. The Kier molecular flexibility index (Phi) is 5.64. The highest BCUT2D eigenvalue weighted by atomic mass is 32.2. The summed E-state index contributed by atoms with van der Waals surface area (Å²) in [6.45, 7) is 4.51. The van der Waals surface area contributed by atoms with Crippen molar-refractivity contribution in [1.82, 2.24) is 20.2 Å². The van der Waals surface area contributed by atoms with Crippen LogP contribution in [0.3, 0.4) is 0 Å². The monoisotopic (exact) mass is 287 g/mol. The highest BCUT2D eigenvalue weighted by molar-refractivity contribution is 7.80. The molecule has 0 bridgehead atoms. The lowest BCUT2D eigenvalue weighted by Crippen LogP contribution is -2.42. The fraction of sp³-hybridized carbons (Fsp3) is 0.636. The van der Waals surface area contributed by atoms with Crippen molar-refractivity contribution in [3.8, 4) is 0 Å². The number of nitrogens with zero attached hydrogens (tertiary/aromatic N) is 2. The van der Waals surface area contributed by atoms with Crippen molar-refractivity contribution < 1.29 is 13.6 Å². The molecule has 1 aromatic heterocycles. The van der Waals surface area contributed by atoms with Gasteiger partial charge >= 0.3 is 0 Å². The van der Waals surface area contributed by atoms with Gasteiger partial charge in [0, 0.05) is 43.8 Å². The van der Waals surface area contributed by atoms with Crippen LogP contribution in [-0.2, 0) is 18.1 Å². The molecule has 1 heterocycles. The van der Waals surface area contributed by atoms with Crippen molar-refractivity contribution in [2.45, 2.75) is 18.6 Å². The summed E-state index contributed by atoms with van der Waals surface area (Å²) < 4.78 is 22.5. The molecular weight excluding hydrogens is 268 g/mol. The molecule has 0 fully saturated rings. The van der Waals surface area contributed by atoms with E-state index in [1.165, 1.54) is 0 Å². The third-order valence-electron chi connectivity index (χ3n) is 2.61. The Bertz CT molecular complexity index is 459. The number of aromatic nitrogens is 2. The van der Waals surface area contributed by atoms with Gasteiger partial charge in [-0.1, -0.05) is 0 Å². The second kappa shape index (κ2) is 6.78. The van der Waals surface area contributed by atoms with Crippen molar-refractivity contribution in [2.75, 3.05) is 19.6 Å². The smallest absolute Gasteiger partial charge is 0.287 e. The molecule has 0 saturated heterocycles. The lowest BCUT2D eigenvalue weighted by atomic mass is 10.2. The summed E-state index contributed by atoms with van der Waals surface area (Å²) in [6.07, 6.45) is 3.25. The minimum atomic E-state index is -2.13. The van der Waals surface area contributed by atoms with E-state index in [1.54, 1.807) is 37.9 Å². The van der Waals surface area contributed by atoms with Gasteiger partial charge in [0.05, 0.1) is 0 Å². The molecule has 108 valence electrons. The average molecular weight is 287 g/mol. The Morgan fingerprint density at radius 2 is 2.21 bits per heavy atom. The summed E-state index contributed by atoms with van der Waals surface area (Å²) in [5.74, 6) is 0.0990. The van der Waals surface area contributed by atoms with Gasteiger partial charge in [-0.15, -0.1) is 0 Å². The largest absolute Gasteiger partial charge is 0.772 e. The molecule has 19 heavy (non-hydrogen) atoms. The third kappa shape index (κ3) is 4.73. The van der Waals surface area contributed by atoms with Crippen molar-refractivity contribution in [2.24, 2.45) is 7.05 Å². The van der Waals surface area contributed by atoms with Gasteiger partial charge < -0.3 is 19.8 Å². The van der Waals surface area contributed by atoms with Gasteiger partial charge in [-0.2, -0.15) is 0 Å². The minimum absolute atomic E-state index is 0.249. The van der Waals surface area contributed by atoms with Crippen molar-refractivity contribution in [1.29, 1.82) is 0 Å². The number of hydrogen-bond acceptors (Lipinski definition) is 5.